The van der Waals surface area contributed by atoms with Gasteiger partial charge >= 0.3 is 5.97 Å². The van der Waals surface area contributed by atoms with Crippen LogP contribution >= 0.6 is 0 Å². The number of hydrogen-bond acceptors (Lipinski definition) is 8. The van der Waals surface area contributed by atoms with Crippen LogP contribution in [0.2, 0.25) is 0 Å². The Labute approximate surface area is 181 Å². The van der Waals surface area contributed by atoms with Gasteiger partial charge in [-0.3, -0.25) is 0 Å². The van der Waals surface area contributed by atoms with Crippen molar-refractivity contribution in [1.29, 1.82) is 0 Å². The normalized spacial score (nSPS) is 14.2. The molecule has 0 unspecified atom stereocenters. The molecule has 0 fully saturated rings. The summed E-state index contributed by atoms with van der Waals surface area (Å²) in [5.41, 5.74) is 1.33. The molecule has 8 nitrogen and oxygen atoms in total. The highest BCUT2D eigenvalue weighted by Gasteiger charge is 2.26. The number of rotatable bonds is 9. The van der Waals surface area contributed by atoms with Gasteiger partial charge < -0.3 is 28.4 Å². The second kappa shape index (κ2) is 9.88. The van der Waals surface area contributed by atoms with Crippen LogP contribution in [0.15, 0.2) is 41.0 Å². The van der Waals surface area contributed by atoms with E-state index >= 15 is 0 Å². The summed E-state index contributed by atoms with van der Waals surface area (Å²) in [4.78, 5) is 16.8. The number of esters is 1. The van der Waals surface area contributed by atoms with E-state index in [2.05, 4.69) is 4.99 Å². The maximum absolute atomic E-state index is 12.5. The number of methoxy groups -OCH3 is 3. The first-order chi connectivity index (χ1) is 15.1. The van der Waals surface area contributed by atoms with Crippen LogP contribution in [-0.2, 0) is 9.53 Å². The fraction of sp³-hybridized carbons (Fsp3) is 0.304. The number of ether oxygens (including phenoxy) is 6. The molecule has 1 aliphatic rings. The highest BCUT2D eigenvalue weighted by molar-refractivity contribution is 6.13. The number of cyclic esters (lactones) is 1. The molecule has 0 atom stereocenters. The van der Waals surface area contributed by atoms with Gasteiger partial charge in [-0.05, 0) is 50.3 Å². The van der Waals surface area contributed by atoms with Gasteiger partial charge in [-0.1, -0.05) is 0 Å². The Hall–Kier alpha value is -3.68. The van der Waals surface area contributed by atoms with Crippen LogP contribution in [0.3, 0.4) is 0 Å². The highest BCUT2D eigenvalue weighted by atomic mass is 16.6. The van der Waals surface area contributed by atoms with Gasteiger partial charge in [-0.25, -0.2) is 9.79 Å². The predicted octanol–water partition coefficient (Wildman–Crippen LogP) is 3.85. The molecule has 2 aromatic carbocycles. The van der Waals surface area contributed by atoms with Crippen LogP contribution in [0.5, 0.6) is 28.7 Å². The molecule has 164 valence electrons. The lowest BCUT2D eigenvalue weighted by molar-refractivity contribution is -0.129. The summed E-state index contributed by atoms with van der Waals surface area (Å²) >= 11 is 0. The molecule has 1 aliphatic heterocycles. The number of carbonyl (C=O) groups excluding carboxylic acids is 1. The zero-order valence-corrected chi connectivity index (χ0v) is 18.2. The van der Waals surface area contributed by atoms with E-state index in [0.29, 0.717) is 53.1 Å². The third-order valence-electron chi connectivity index (χ3n) is 4.44. The Morgan fingerprint density at radius 1 is 0.871 bits per heavy atom. The van der Waals surface area contributed by atoms with E-state index in [1.54, 1.807) is 36.4 Å². The van der Waals surface area contributed by atoms with Crippen LogP contribution in [0.1, 0.15) is 25.0 Å². The quantitative estimate of drug-likeness (QED) is 0.444. The summed E-state index contributed by atoms with van der Waals surface area (Å²) in [6.07, 6.45) is 1.58. The molecule has 0 bridgehead atoms. The molecule has 0 amide bonds. The lowest BCUT2D eigenvalue weighted by Gasteiger charge is -2.14. The zero-order chi connectivity index (χ0) is 22.4. The standard InChI is InChI=1S/C23H25NO7/c1-6-29-17-10-9-15(13-19(17)30-7-2)22-24-16(23(25)31-22)12-14-8-11-18(26-3)21(28-5)20(14)27-4/h8-13H,6-7H2,1-5H3. The monoisotopic (exact) mass is 427 g/mol. The zero-order valence-electron chi connectivity index (χ0n) is 18.2. The molecule has 0 aromatic heterocycles. The molecule has 3 rings (SSSR count). The summed E-state index contributed by atoms with van der Waals surface area (Å²) in [7, 11) is 4.56. The molecule has 0 radical (unpaired) electrons. The molecule has 0 saturated carbocycles. The van der Waals surface area contributed by atoms with E-state index in [9.17, 15) is 4.79 Å². The van der Waals surface area contributed by atoms with Gasteiger partial charge in [0.25, 0.3) is 0 Å². The highest BCUT2D eigenvalue weighted by Crippen LogP contribution is 2.41. The minimum atomic E-state index is -0.571. The molecule has 31 heavy (non-hydrogen) atoms. The van der Waals surface area contributed by atoms with Crippen LogP contribution in [0.4, 0.5) is 0 Å². The minimum absolute atomic E-state index is 0.132. The topological polar surface area (TPSA) is 84.8 Å². The van der Waals surface area contributed by atoms with Gasteiger partial charge in [-0.15, -0.1) is 0 Å². The molecule has 2 aromatic rings. The molecule has 0 aliphatic carbocycles. The van der Waals surface area contributed by atoms with Crippen LogP contribution < -0.4 is 23.7 Å². The van der Waals surface area contributed by atoms with Crippen molar-refractivity contribution in [3.05, 3.63) is 47.2 Å². The van der Waals surface area contributed by atoms with Crippen molar-refractivity contribution >= 4 is 17.9 Å². The SMILES string of the molecule is CCOc1ccc(C2=NC(=Cc3ccc(OC)c(OC)c3OC)C(=O)O2)cc1OCC. The van der Waals surface area contributed by atoms with Crippen molar-refractivity contribution in [2.45, 2.75) is 13.8 Å². The molecule has 0 spiro atoms. The van der Waals surface area contributed by atoms with Gasteiger partial charge in [-0.2, -0.15) is 0 Å². The van der Waals surface area contributed by atoms with Gasteiger partial charge in [0.15, 0.2) is 28.7 Å². The van der Waals surface area contributed by atoms with Gasteiger partial charge in [0.1, 0.15) is 0 Å². The van der Waals surface area contributed by atoms with E-state index < -0.39 is 5.97 Å². The van der Waals surface area contributed by atoms with Crippen molar-refractivity contribution in [3.8, 4) is 28.7 Å². The van der Waals surface area contributed by atoms with Crippen LogP contribution in [-0.4, -0.2) is 46.4 Å². The number of benzene rings is 2. The first-order valence-electron chi connectivity index (χ1n) is 9.77. The largest absolute Gasteiger partial charge is 0.493 e. The average Bonchev–Trinajstić information content (AvgIpc) is 3.14. The molecular formula is C23H25NO7. The molecular weight excluding hydrogens is 402 g/mol. The Morgan fingerprint density at radius 2 is 1.55 bits per heavy atom. The lowest BCUT2D eigenvalue weighted by Crippen LogP contribution is -2.06. The smallest absolute Gasteiger partial charge is 0.363 e. The van der Waals surface area contributed by atoms with Crippen LogP contribution in [0.25, 0.3) is 6.08 Å². The molecule has 8 heteroatoms. The first-order valence-corrected chi connectivity index (χ1v) is 9.77. The maximum atomic E-state index is 12.5. The summed E-state index contributed by atoms with van der Waals surface area (Å²) in [5, 5.41) is 0. The van der Waals surface area contributed by atoms with Crippen molar-refractivity contribution in [2.24, 2.45) is 4.99 Å². The molecule has 0 N–H and O–H groups in total. The Bertz CT molecular complexity index is 1030. The van der Waals surface area contributed by atoms with Crippen molar-refractivity contribution < 1.29 is 33.2 Å². The second-order valence-electron chi connectivity index (χ2n) is 6.29. The Kier molecular flexibility index (Phi) is 7.02. The Balaban J connectivity index is 1.99. The van der Waals surface area contributed by atoms with Gasteiger partial charge in [0, 0.05) is 11.1 Å². The third kappa shape index (κ3) is 4.58. The summed E-state index contributed by atoms with van der Waals surface area (Å²) in [5.74, 6) is 2.13. The fourth-order valence-electron chi connectivity index (χ4n) is 3.10. The summed E-state index contributed by atoms with van der Waals surface area (Å²) < 4.78 is 32.8. The van der Waals surface area contributed by atoms with E-state index in [-0.39, 0.29) is 11.6 Å². The maximum Gasteiger partial charge on any atom is 0.363 e. The number of hydrogen-bond donors (Lipinski definition) is 0. The Morgan fingerprint density at radius 3 is 2.19 bits per heavy atom. The average molecular weight is 427 g/mol. The van der Waals surface area contributed by atoms with E-state index in [1.807, 2.05) is 13.8 Å². The fourth-order valence-corrected chi connectivity index (χ4v) is 3.10. The van der Waals surface area contributed by atoms with E-state index in [0.717, 1.165) is 0 Å². The minimum Gasteiger partial charge on any atom is -0.493 e. The summed E-state index contributed by atoms with van der Waals surface area (Å²) in [6, 6.07) is 8.73. The predicted molar refractivity (Wildman–Crippen MR) is 115 cm³/mol. The van der Waals surface area contributed by atoms with Crippen molar-refractivity contribution in [1.82, 2.24) is 0 Å². The lowest BCUT2D eigenvalue weighted by atomic mass is 10.1. The number of carbonyl (C=O) groups is 1. The summed E-state index contributed by atoms with van der Waals surface area (Å²) in [6.45, 7) is 4.76. The van der Waals surface area contributed by atoms with Gasteiger partial charge in [0.2, 0.25) is 11.6 Å². The van der Waals surface area contributed by atoms with E-state index in [1.165, 1.54) is 21.3 Å². The van der Waals surface area contributed by atoms with Crippen molar-refractivity contribution in [2.75, 3.05) is 34.5 Å². The third-order valence-corrected chi connectivity index (χ3v) is 4.44. The number of nitrogens with zero attached hydrogens (tertiary/aromatic N) is 1. The first kappa shape index (κ1) is 22.0. The van der Waals surface area contributed by atoms with Gasteiger partial charge in [0.05, 0.1) is 34.5 Å². The number of aliphatic imine (C=N–C) groups is 1. The van der Waals surface area contributed by atoms with Crippen molar-refractivity contribution in [3.63, 3.8) is 0 Å². The van der Waals surface area contributed by atoms with E-state index in [4.69, 9.17) is 28.4 Å². The molecule has 1 heterocycles. The molecule has 0 saturated heterocycles. The van der Waals surface area contributed by atoms with Crippen LogP contribution in [0, 0.1) is 0 Å². The second-order valence-corrected chi connectivity index (χ2v) is 6.29.